The number of hydrogen-bond acceptors (Lipinski definition) is 4. The van der Waals surface area contributed by atoms with Gasteiger partial charge < -0.3 is 19.9 Å². The molecule has 1 aromatic rings. The Morgan fingerprint density at radius 2 is 1.68 bits per heavy atom. The van der Waals surface area contributed by atoms with Crippen molar-refractivity contribution in [3.8, 4) is 11.5 Å². The Morgan fingerprint density at radius 3 is 2.24 bits per heavy atom. The van der Waals surface area contributed by atoms with Crippen LogP contribution < -0.4 is 14.8 Å². The van der Waals surface area contributed by atoms with Crippen molar-refractivity contribution < 1.29 is 24.2 Å². The zero-order valence-electron chi connectivity index (χ0n) is 15.1. The number of amides is 1. The third-order valence-electron chi connectivity index (χ3n) is 4.84. The first kappa shape index (κ1) is 18.8. The lowest BCUT2D eigenvalue weighted by atomic mass is 9.76. The number of carboxylic acid groups (broad SMARTS) is 1. The van der Waals surface area contributed by atoms with Crippen molar-refractivity contribution in [1.29, 1.82) is 0 Å². The fraction of sp³-hybridized carbons (Fsp3) is 0.474. The molecule has 0 bridgehead atoms. The lowest BCUT2D eigenvalue weighted by Crippen LogP contribution is -2.39. The number of benzene rings is 1. The average Bonchev–Trinajstić information content (AvgIpc) is 2.60. The van der Waals surface area contributed by atoms with E-state index >= 15 is 0 Å². The first-order chi connectivity index (χ1) is 11.9. The van der Waals surface area contributed by atoms with Crippen LogP contribution in [-0.2, 0) is 16.1 Å². The summed E-state index contributed by atoms with van der Waals surface area (Å²) in [5, 5.41) is 12.3. The number of ether oxygens (including phenoxy) is 2. The molecule has 2 atom stereocenters. The fourth-order valence-electron chi connectivity index (χ4n) is 3.14. The number of nitrogens with one attached hydrogen (secondary N) is 1. The molecule has 25 heavy (non-hydrogen) atoms. The van der Waals surface area contributed by atoms with Crippen LogP contribution in [0.15, 0.2) is 29.3 Å². The van der Waals surface area contributed by atoms with Crippen molar-refractivity contribution in [3.63, 3.8) is 0 Å². The Kier molecular flexibility index (Phi) is 6.07. The first-order valence-corrected chi connectivity index (χ1v) is 8.24. The standard InChI is InChI=1S/C19H25NO5/c1-11-7-14(15(19(22)23)8-12(11)2)18(21)20-10-13-5-6-16(24-3)17(9-13)25-4/h5-6,9,14-15H,7-8,10H2,1-4H3,(H,20,21)(H,22,23). The molecule has 2 unspecified atom stereocenters. The molecule has 0 saturated carbocycles. The highest BCUT2D eigenvalue weighted by atomic mass is 16.5. The SMILES string of the molecule is COc1ccc(CNC(=O)C2CC(C)=C(C)CC2C(=O)O)cc1OC. The van der Waals surface area contributed by atoms with Gasteiger partial charge in [0, 0.05) is 6.54 Å². The molecule has 2 rings (SSSR count). The van der Waals surface area contributed by atoms with Crippen LogP contribution in [-0.4, -0.2) is 31.2 Å². The largest absolute Gasteiger partial charge is 0.493 e. The van der Waals surface area contributed by atoms with Crippen molar-refractivity contribution in [2.24, 2.45) is 11.8 Å². The Labute approximate surface area is 147 Å². The van der Waals surface area contributed by atoms with E-state index in [1.807, 2.05) is 19.9 Å². The summed E-state index contributed by atoms with van der Waals surface area (Å²) >= 11 is 0. The number of hydrogen-bond donors (Lipinski definition) is 2. The van der Waals surface area contributed by atoms with Crippen LogP contribution in [0.1, 0.15) is 32.3 Å². The van der Waals surface area contributed by atoms with Crippen molar-refractivity contribution in [3.05, 3.63) is 34.9 Å². The second kappa shape index (κ2) is 8.05. The Morgan fingerprint density at radius 1 is 1.08 bits per heavy atom. The normalized spacial score (nSPS) is 20.2. The average molecular weight is 347 g/mol. The molecule has 0 saturated heterocycles. The van der Waals surface area contributed by atoms with Gasteiger partial charge in [0.1, 0.15) is 0 Å². The molecule has 136 valence electrons. The van der Waals surface area contributed by atoms with Crippen LogP contribution in [0.2, 0.25) is 0 Å². The lowest BCUT2D eigenvalue weighted by molar-refractivity contribution is -0.147. The molecule has 0 aliphatic heterocycles. The summed E-state index contributed by atoms with van der Waals surface area (Å²) in [7, 11) is 3.11. The van der Waals surface area contributed by atoms with E-state index in [1.54, 1.807) is 26.4 Å². The minimum absolute atomic E-state index is 0.228. The lowest BCUT2D eigenvalue weighted by Gasteiger charge is -2.29. The quantitative estimate of drug-likeness (QED) is 0.773. The van der Waals surface area contributed by atoms with E-state index in [4.69, 9.17) is 9.47 Å². The van der Waals surface area contributed by atoms with Gasteiger partial charge in [-0.15, -0.1) is 0 Å². The minimum atomic E-state index is -0.918. The van der Waals surface area contributed by atoms with Gasteiger partial charge in [-0.25, -0.2) is 0 Å². The first-order valence-electron chi connectivity index (χ1n) is 8.24. The summed E-state index contributed by atoms with van der Waals surface area (Å²) in [5.74, 6) is -1.15. The van der Waals surface area contributed by atoms with Crippen LogP contribution in [0.5, 0.6) is 11.5 Å². The third-order valence-corrected chi connectivity index (χ3v) is 4.84. The summed E-state index contributed by atoms with van der Waals surface area (Å²) in [5.41, 5.74) is 3.03. The number of methoxy groups -OCH3 is 2. The molecule has 0 radical (unpaired) electrons. The van der Waals surface area contributed by atoms with Crippen molar-refractivity contribution >= 4 is 11.9 Å². The number of allylic oxidation sites excluding steroid dienone is 2. The summed E-state index contributed by atoms with van der Waals surface area (Å²) < 4.78 is 10.4. The minimum Gasteiger partial charge on any atom is -0.493 e. The summed E-state index contributed by atoms with van der Waals surface area (Å²) in [6, 6.07) is 5.41. The van der Waals surface area contributed by atoms with E-state index < -0.39 is 17.8 Å². The number of aliphatic carboxylic acids is 1. The van der Waals surface area contributed by atoms with Gasteiger partial charge in [-0.3, -0.25) is 9.59 Å². The second-order valence-corrected chi connectivity index (χ2v) is 6.43. The molecular formula is C19H25NO5. The maximum atomic E-state index is 12.6. The van der Waals surface area contributed by atoms with Gasteiger partial charge >= 0.3 is 5.97 Å². The van der Waals surface area contributed by atoms with Gasteiger partial charge in [0.25, 0.3) is 0 Å². The van der Waals surface area contributed by atoms with Crippen molar-refractivity contribution in [2.75, 3.05) is 14.2 Å². The summed E-state index contributed by atoms with van der Waals surface area (Å²) in [6.45, 7) is 4.20. The maximum Gasteiger partial charge on any atom is 0.307 e. The van der Waals surface area contributed by atoms with Gasteiger partial charge in [0.15, 0.2) is 11.5 Å². The zero-order valence-corrected chi connectivity index (χ0v) is 15.1. The van der Waals surface area contributed by atoms with Crippen LogP contribution >= 0.6 is 0 Å². The molecule has 0 fully saturated rings. The van der Waals surface area contributed by atoms with Gasteiger partial charge in [-0.1, -0.05) is 17.2 Å². The van der Waals surface area contributed by atoms with E-state index in [9.17, 15) is 14.7 Å². The molecule has 6 heteroatoms. The van der Waals surface area contributed by atoms with Crippen LogP contribution in [0.25, 0.3) is 0 Å². The second-order valence-electron chi connectivity index (χ2n) is 6.43. The molecule has 1 aliphatic carbocycles. The van der Waals surface area contributed by atoms with Crippen LogP contribution in [0.3, 0.4) is 0 Å². The molecule has 0 heterocycles. The number of carbonyl (C=O) groups excluding carboxylic acids is 1. The Bertz CT molecular complexity index is 695. The Balaban J connectivity index is 2.07. The molecule has 0 spiro atoms. The molecule has 1 aliphatic rings. The highest BCUT2D eigenvalue weighted by Gasteiger charge is 2.37. The number of carbonyl (C=O) groups is 2. The van der Waals surface area contributed by atoms with E-state index in [0.717, 1.165) is 16.7 Å². The topological polar surface area (TPSA) is 84.9 Å². The van der Waals surface area contributed by atoms with Gasteiger partial charge in [-0.05, 0) is 44.4 Å². The molecule has 2 N–H and O–H groups in total. The van der Waals surface area contributed by atoms with Gasteiger partial charge in [0.05, 0.1) is 26.1 Å². The molecule has 1 aromatic carbocycles. The monoisotopic (exact) mass is 347 g/mol. The van der Waals surface area contributed by atoms with E-state index in [2.05, 4.69) is 5.32 Å². The summed E-state index contributed by atoms with van der Waals surface area (Å²) in [6.07, 6.45) is 0.913. The molecular weight excluding hydrogens is 322 g/mol. The van der Waals surface area contributed by atoms with Crippen molar-refractivity contribution in [1.82, 2.24) is 5.32 Å². The van der Waals surface area contributed by atoms with Crippen molar-refractivity contribution in [2.45, 2.75) is 33.2 Å². The van der Waals surface area contributed by atoms with E-state index in [-0.39, 0.29) is 5.91 Å². The highest BCUT2D eigenvalue weighted by molar-refractivity contribution is 5.85. The highest BCUT2D eigenvalue weighted by Crippen LogP contribution is 2.34. The predicted molar refractivity (Wildman–Crippen MR) is 93.6 cm³/mol. The fourth-order valence-corrected chi connectivity index (χ4v) is 3.14. The molecule has 0 aromatic heterocycles. The predicted octanol–water partition coefficient (Wildman–Crippen LogP) is 2.77. The van der Waals surface area contributed by atoms with E-state index in [0.29, 0.717) is 30.9 Å². The van der Waals surface area contributed by atoms with Crippen LogP contribution in [0.4, 0.5) is 0 Å². The van der Waals surface area contributed by atoms with Gasteiger partial charge in [-0.2, -0.15) is 0 Å². The molecule has 6 nitrogen and oxygen atoms in total. The Hall–Kier alpha value is -2.50. The van der Waals surface area contributed by atoms with E-state index in [1.165, 1.54) is 0 Å². The number of carboxylic acids is 1. The smallest absolute Gasteiger partial charge is 0.307 e. The number of rotatable bonds is 6. The van der Waals surface area contributed by atoms with Crippen LogP contribution in [0, 0.1) is 11.8 Å². The third kappa shape index (κ3) is 4.32. The molecule has 1 amide bonds. The summed E-state index contributed by atoms with van der Waals surface area (Å²) in [4.78, 5) is 24.1. The van der Waals surface area contributed by atoms with Gasteiger partial charge in [0.2, 0.25) is 5.91 Å². The maximum absolute atomic E-state index is 12.6. The zero-order chi connectivity index (χ0) is 18.6.